The summed E-state index contributed by atoms with van der Waals surface area (Å²) in [5.41, 5.74) is 1.33. The van der Waals surface area contributed by atoms with Crippen LogP contribution in [0.5, 0.6) is 0 Å². The first-order chi connectivity index (χ1) is 4.18. The standard InChI is InChI=1S/C7H12NP/c1-6-3-7(9)5-8(2)4-6/h3-4H,5,9H2,1-2H3. The van der Waals surface area contributed by atoms with Gasteiger partial charge in [0.15, 0.2) is 0 Å². The number of likely N-dealkylation sites (N-methyl/N-ethyl adjacent to an activating group) is 1. The molecule has 0 saturated heterocycles. The highest BCUT2D eigenvalue weighted by atomic mass is 31.0. The molecule has 50 valence electrons. The van der Waals surface area contributed by atoms with Crippen LogP contribution in [-0.4, -0.2) is 18.5 Å². The highest BCUT2D eigenvalue weighted by Gasteiger charge is 2.00. The lowest BCUT2D eigenvalue weighted by Gasteiger charge is -2.19. The molecule has 1 aliphatic heterocycles. The number of hydrogen-bond acceptors (Lipinski definition) is 1. The summed E-state index contributed by atoms with van der Waals surface area (Å²) in [5.74, 6) is 0. The zero-order valence-electron chi connectivity index (χ0n) is 5.89. The Bertz CT molecular complexity index is 170. The van der Waals surface area contributed by atoms with Crippen molar-refractivity contribution in [3.63, 3.8) is 0 Å². The zero-order chi connectivity index (χ0) is 6.85. The van der Waals surface area contributed by atoms with Gasteiger partial charge in [-0.15, -0.1) is 9.24 Å². The molecular weight excluding hydrogens is 129 g/mol. The van der Waals surface area contributed by atoms with Gasteiger partial charge in [-0.2, -0.15) is 0 Å². The molecule has 9 heavy (non-hydrogen) atoms. The molecule has 1 heterocycles. The van der Waals surface area contributed by atoms with Gasteiger partial charge in [0, 0.05) is 19.8 Å². The van der Waals surface area contributed by atoms with Crippen molar-refractivity contribution in [2.24, 2.45) is 0 Å². The van der Waals surface area contributed by atoms with Gasteiger partial charge in [-0.25, -0.2) is 0 Å². The third-order valence-corrected chi connectivity index (χ3v) is 1.62. The fraction of sp³-hybridized carbons (Fsp3) is 0.429. The predicted molar refractivity (Wildman–Crippen MR) is 44.2 cm³/mol. The maximum atomic E-state index is 2.73. The molecular formula is C7H12NP. The van der Waals surface area contributed by atoms with Crippen molar-refractivity contribution in [2.75, 3.05) is 13.6 Å². The molecule has 2 heteroatoms. The summed E-state index contributed by atoms with van der Waals surface area (Å²) >= 11 is 0. The third-order valence-electron chi connectivity index (χ3n) is 1.27. The average Bonchev–Trinajstić information content (AvgIpc) is 1.59. The summed E-state index contributed by atoms with van der Waals surface area (Å²) in [6, 6.07) is 0. The van der Waals surface area contributed by atoms with Crippen molar-refractivity contribution in [3.8, 4) is 0 Å². The van der Waals surface area contributed by atoms with Gasteiger partial charge in [-0.05, 0) is 17.8 Å². The van der Waals surface area contributed by atoms with Gasteiger partial charge in [0.25, 0.3) is 0 Å². The molecule has 0 aromatic heterocycles. The van der Waals surface area contributed by atoms with Crippen LogP contribution in [0.3, 0.4) is 0 Å². The van der Waals surface area contributed by atoms with Crippen LogP contribution in [0.25, 0.3) is 0 Å². The molecule has 0 N–H and O–H groups in total. The Balaban J connectivity index is 2.74. The molecule has 1 nitrogen and oxygen atoms in total. The van der Waals surface area contributed by atoms with Crippen molar-refractivity contribution >= 4 is 9.24 Å². The van der Waals surface area contributed by atoms with E-state index >= 15 is 0 Å². The maximum Gasteiger partial charge on any atom is 0.0420 e. The molecule has 0 fully saturated rings. The van der Waals surface area contributed by atoms with E-state index in [4.69, 9.17) is 0 Å². The Labute approximate surface area is 58.6 Å². The van der Waals surface area contributed by atoms with Crippen LogP contribution in [0.1, 0.15) is 6.92 Å². The topological polar surface area (TPSA) is 3.24 Å². The van der Waals surface area contributed by atoms with Crippen molar-refractivity contribution in [3.05, 3.63) is 23.2 Å². The molecule has 0 radical (unpaired) electrons. The van der Waals surface area contributed by atoms with Gasteiger partial charge >= 0.3 is 0 Å². The third kappa shape index (κ3) is 1.83. The van der Waals surface area contributed by atoms with Crippen molar-refractivity contribution < 1.29 is 0 Å². The Kier molecular flexibility index (Phi) is 1.92. The second kappa shape index (κ2) is 2.53. The van der Waals surface area contributed by atoms with Crippen molar-refractivity contribution in [1.29, 1.82) is 0 Å². The zero-order valence-corrected chi connectivity index (χ0v) is 7.04. The van der Waals surface area contributed by atoms with Crippen LogP contribution in [0, 0.1) is 0 Å². The fourth-order valence-corrected chi connectivity index (χ4v) is 1.61. The lowest BCUT2D eigenvalue weighted by molar-refractivity contribution is 0.496. The summed E-state index contributed by atoms with van der Waals surface area (Å²) in [6.45, 7) is 3.15. The van der Waals surface area contributed by atoms with E-state index in [0.717, 1.165) is 6.54 Å². The smallest absolute Gasteiger partial charge is 0.0420 e. The highest BCUT2D eigenvalue weighted by Crippen LogP contribution is 2.15. The SMILES string of the molecule is CC1=CN(C)CC(P)=C1. The highest BCUT2D eigenvalue weighted by molar-refractivity contribution is 7.22. The Morgan fingerprint density at radius 3 is 2.78 bits per heavy atom. The molecule has 1 aliphatic rings. The van der Waals surface area contributed by atoms with Crippen LogP contribution < -0.4 is 0 Å². The van der Waals surface area contributed by atoms with Gasteiger partial charge in [0.2, 0.25) is 0 Å². The van der Waals surface area contributed by atoms with E-state index < -0.39 is 0 Å². The number of hydrogen-bond donors (Lipinski definition) is 0. The molecule has 1 atom stereocenters. The lowest BCUT2D eigenvalue weighted by Crippen LogP contribution is -2.15. The summed E-state index contributed by atoms with van der Waals surface area (Å²) in [5, 5.41) is 1.36. The number of rotatable bonds is 0. The second-order valence-electron chi connectivity index (χ2n) is 2.51. The first kappa shape index (κ1) is 6.82. The van der Waals surface area contributed by atoms with E-state index in [2.05, 4.69) is 40.4 Å². The Hall–Kier alpha value is -0.290. The van der Waals surface area contributed by atoms with E-state index in [1.165, 1.54) is 10.9 Å². The van der Waals surface area contributed by atoms with Crippen LogP contribution in [0.4, 0.5) is 0 Å². The van der Waals surface area contributed by atoms with Gasteiger partial charge in [-0.3, -0.25) is 0 Å². The summed E-state index contributed by atoms with van der Waals surface area (Å²) in [6.07, 6.45) is 4.33. The minimum Gasteiger partial charge on any atom is -0.376 e. The molecule has 0 amide bonds. The number of nitrogens with zero attached hydrogens (tertiary/aromatic N) is 1. The van der Waals surface area contributed by atoms with Crippen LogP contribution in [0.2, 0.25) is 0 Å². The van der Waals surface area contributed by atoms with Crippen molar-refractivity contribution in [2.45, 2.75) is 6.92 Å². The van der Waals surface area contributed by atoms with Crippen LogP contribution in [-0.2, 0) is 0 Å². The molecule has 0 bridgehead atoms. The Morgan fingerprint density at radius 1 is 1.67 bits per heavy atom. The predicted octanol–water partition coefficient (Wildman–Crippen LogP) is 1.59. The summed E-state index contributed by atoms with van der Waals surface area (Å²) in [7, 11) is 4.82. The molecule has 1 unspecified atom stereocenters. The second-order valence-corrected chi connectivity index (χ2v) is 3.25. The normalized spacial score (nSPS) is 19.2. The van der Waals surface area contributed by atoms with Crippen LogP contribution in [0.15, 0.2) is 23.2 Å². The van der Waals surface area contributed by atoms with Gasteiger partial charge in [-0.1, -0.05) is 6.08 Å². The van der Waals surface area contributed by atoms with E-state index in [1.54, 1.807) is 0 Å². The fourth-order valence-electron chi connectivity index (χ4n) is 1.06. The molecule has 0 aromatic rings. The monoisotopic (exact) mass is 141 g/mol. The Morgan fingerprint density at radius 2 is 2.33 bits per heavy atom. The van der Waals surface area contributed by atoms with E-state index in [1.807, 2.05) is 0 Å². The number of allylic oxidation sites excluding steroid dienone is 2. The first-order valence-electron chi connectivity index (χ1n) is 3.03. The summed E-state index contributed by atoms with van der Waals surface area (Å²) < 4.78 is 0. The van der Waals surface area contributed by atoms with Gasteiger partial charge < -0.3 is 4.90 Å². The minimum absolute atomic E-state index is 1.04. The lowest BCUT2D eigenvalue weighted by atomic mass is 10.2. The van der Waals surface area contributed by atoms with Crippen LogP contribution >= 0.6 is 9.24 Å². The average molecular weight is 141 g/mol. The van der Waals surface area contributed by atoms with E-state index in [9.17, 15) is 0 Å². The van der Waals surface area contributed by atoms with Gasteiger partial charge in [0.1, 0.15) is 0 Å². The quantitative estimate of drug-likeness (QED) is 0.463. The molecule has 0 aromatic carbocycles. The molecule has 0 saturated carbocycles. The summed E-state index contributed by atoms with van der Waals surface area (Å²) in [4.78, 5) is 2.18. The molecule has 1 rings (SSSR count). The molecule has 0 aliphatic carbocycles. The minimum atomic E-state index is 1.04. The van der Waals surface area contributed by atoms with Gasteiger partial charge in [0.05, 0.1) is 0 Å². The van der Waals surface area contributed by atoms with Crippen molar-refractivity contribution in [1.82, 2.24) is 4.90 Å². The molecule has 0 spiro atoms. The first-order valence-corrected chi connectivity index (χ1v) is 3.61. The largest absolute Gasteiger partial charge is 0.376 e. The van der Waals surface area contributed by atoms with E-state index in [-0.39, 0.29) is 0 Å². The van der Waals surface area contributed by atoms with E-state index in [0.29, 0.717) is 0 Å². The maximum absolute atomic E-state index is 2.73.